The van der Waals surface area contributed by atoms with Gasteiger partial charge in [0.2, 0.25) is 10.0 Å². The molecule has 0 aromatic heterocycles. The fourth-order valence-electron chi connectivity index (χ4n) is 1.82. The molecule has 0 aromatic rings. The van der Waals surface area contributed by atoms with Crippen LogP contribution in [-0.2, 0) is 10.0 Å². The highest BCUT2D eigenvalue weighted by molar-refractivity contribution is 7.89. The van der Waals surface area contributed by atoms with Crippen molar-refractivity contribution in [3.05, 3.63) is 0 Å². The lowest BCUT2D eigenvalue weighted by Crippen LogP contribution is -2.34. The van der Waals surface area contributed by atoms with Gasteiger partial charge in [-0.1, -0.05) is 6.92 Å². The Kier molecular flexibility index (Phi) is 3.92. The zero-order valence-electron chi connectivity index (χ0n) is 8.94. The molecule has 2 unspecified atom stereocenters. The second-order valence-corrected chi connectivity index (χ2v) is 6.17. The fourth-order valence-corrected chi connectivity index (χ4v) is 3.40. The molecule has 1 fully saturated rings. The predicted octanol–water partition coefficient (Wildman–Crippen LogP) is 0.395. The summed E-state index contributed by atoms with van der Waals surface area (Å²) in [6.45, 7) is 5.09. The minimum Gasteiger partial charge on any atom is -0.328 e. The highest BCUT2D eigenvalue weighted by Gasteiger charge is 2.32. The summed E-state index contributed by atoms with van der Waals surface area (Å²) in [7, 11) is -3.00. The van der Waals surface area contributed by atoms with Gasteiger partial charge in [0.15, 0.2) is 0 Å². The molecule has 4 nitrogen and oxygen atoms in total. The van der Waals surface area contributed by atoms with Gasteiger partial charge in [-0.25, -0.2) is 12.7 Å². The Morgan fingerprint density at radius 1 is 1.57 bits per heavy atom. The van der Waals surface area contributed by atoms with Crippen molar-refractivity contribution >= 4 is 10.0 Å². The van der Waals surface area contributed by atoms with Crippen molar-refractivity contribution in [2.75, 3.05) is 18.8 Å². The molecular formula is C9H20N2O2S. The molecule has 5 heteroatoms. The molecule has 1 aliphatic rings. The largest absolute Gasteiger partial charge is 0.328 e. The molecule has 0 saturated carbocycles. The normalized spacial score (nSPS) is 26.6. The molecule has 0 amide bonds. The van der Waals surface area contributed by atoms with Crippen LogP contribution in [0.2, 0.25) is 0 Å². The van der Waals surface area contributed by atoms with Gasteiger partial charge in [0, 0.05) is 19.1 Å². The van der Waals surface area contributed by atoms with Crippen LogP contribution >= 0.6 is 0 Å². The molecule has 2 N–H and O–H groups in total. The lowest BCUT2D eigenvalue weighted by atomic mass is 10.0. The molecule has 1 aliphatic heterocycles. The van der Waals surface area contributed by atoms with E-state index in [0.717, 1.165) is 6.42 Å². The first-order valence-electron chi connectivity index (χ1n) is 5.20. The number of rotatable bonds is 4. The Morgan fingerprint density at radius 2 is 2.21 bits per heavy atom. The molecule has 0 radical (unpaired) electrons. The van der Waals surface area contributed by atoms with E-state index in [1.54, 1.807) is 4.31 Å². The molecule has 14 heavy (non-hydrogen) atoms. The van der Waals surface area contributed by atoms with E-state index in [0.29, 0.717) is 25.4 Å². The molecule has 0 aliphatic carbocycles. The van der Waals surface area contributed by atoms with Crippen molar-refractivity contribution in [2.45, 2.75) is 32.7 Å². The van der Waals surface area contributed by atoms with Crippen LogP contribution in [0.15, 0.2) is 0 Å². The molecule has 0 bridgehead atoms. The summed E-state index contributed by atoms with van der Waals surface area (Å²) in [5, 5.41) is 0. The highest BCUT2D eigenvalue weighted by Crippen LogP contribution is 2.21. The molecule has 0 aromatic carbocycles. The lowest BCUT2D eigenvalue weighted by Gasteiger charge is -2.17. The molecule has 0 spiro atoms. The molecule has 1 saturated heterocycles. The van der Waals surface area contributed by atoms with Crippen molar-refractivity contribution in [3.63, 3.8) is 0 Å². The second-order valence-electron chi connectivity index (χ2n) is 4.08. The topological polar surface area (TPSA) is 63.4 Å². The molecule has 1 rings (SSSR count). The van der Waals surface area contributed by atoms with Crippen LogP contribution in [0.1, 0.15) is 26.7 Å². The van der Waals surface area contributed by atoms with Gasteiger partial charge in [0.1, 0.15) is 0 Å². The zero-order chi connectivity index (χ0) is 10.8. The molecular weight excluding hydrogens is 200 g/mol. The summed E-state index contributed by atoms with van der Waals surface area (Å²) >= 11 is 0. The van der Waals surface area contributed by atoms with E-state index in [4.69, 9.17) is 5.73 Å². The number of hydrogen-bond donors (Lipinski definition) is 1. The predicted molar refractivity (Wildman–Crippen MR) is 57.4 cm³/mol. The second kappa shape index (κ2) is 4.59. The Hall–Kier alpha value is -0.130. The monoisotopic (exact) mass is 220 g/mol. The minimum atomic E-state index is -3.00. The van der Waals surface area contributed by atoms with Crippen LogP contribution in [0.4, 0.5) is 0 Å². The summed E-state index contributed by atoms with van der Waals surface area (Å²) < 4.78 is 25.0. The molecule has 84 valence electrons. The van der Waals surface area contributed by atoms with Crippen molar-refractivity contribution in [1.82, 2.24) is 4.31 Å². The van der Waals surface area contributed by atoms with Gasteiger partial charge in [0.25, 0.3) is 0 Å². The van der Waals surface area contributed by atoms with Crippen LogP contribution in [0, 0.1) is 5.92 Å². The lowest BCUT2D eigenvalue weighted by molar-refractivity contribution is 0.428. The van der Waals surface area contributed by atoms with Crippen molar-refractivity contribution in [2.24, 2.45) is 11.7 Å². The maximum absolute atomic E-state index is 11.7. The van der Waals surface area contributed by atoms with E-state index in [9.17, 15) is 8.42 Å². The summed E-state index contributed by atoms with van der Waals surface area (Å²) in [5.74, 6) is 0.597. The maximum Gasteiger partial charge on any atom is 0.214 e. The number of sulfonamides is 1. The Morgan fingerprint density at radius 3 is 2.64 bits per heavy atom. The molecule has 2 atom stereocenters. The van der Waals surface area contributed by atoms with Crippen LogP contribution in [0.5, 0.6) is 0 Å². The third kappa shape index (κ3) is 2.68. The zero-order valence-corrected chi connectivity index (χ0v) is 9.76. The van der Waals surface area contributed by atoms with E-state index in [1.807, 2.05) is 13.8 Å². The Bertz CT molecular complexity index is 275. The number of nitrogens with two attached hydrogens (primary N) is 1. The van der Waals surface area contributed by atoms with Crippen molar-refractivity contribution in [3.8, 4) is 0 Å². The quantitative estimate of drug-likeness (QED) is 0.745. The summed E-state index contributed by atoms with van der Waals surface area (Å²) in [4.78, 5) is 0. The van der Waals surface area contributed by atoms with Gasteiger partial charge in [-0.3, -0.25) is 0 Å². The van der Waals surface area contributed by atoms with E-state index >= 15 is 0 Å². The summed E-state index contributed by atoms with van der Waals surface area (Å²) in [5.41, 5.74) is 5.76. The first-order chi connectivity index (χ1) is 6.47. The van der Waals surface area contributed by atoms with Gasteiger partial charge in [-0.15, -0.1) is 0 Å². The van der Waals surface area contributed by atoms with Gasteiger partial charge in [-0.05, 0) is 25.7 Å². The van der Waals surface area contributed by atoms with Gasteiger partial charge in [-0.2, -0.15) is 0 Å². The van der Waals surface area contributed by atoms with Crippen LogP contribution in [-0.4, -0.2) is 37.6 Å². The fraction of sp³-hybridized carbons (Fsp3) is 1.00. The van der Waals surface area contributed by atoms with Gasteiger partial charge in [0.05, 0.1) is 5.75 Å². The maximum atomic E-state index is 11.7. The summed E-state index contributed by atoms with van der Waals surface area (Å²) in [6.07, 6.45) is 1.59. The van der Waals surface area contributed by atoms with E-state index in [2.05, 4.69) is 0 Å². The average molecular weight is 220 g/mol. The first-order valence-corrected chi connectivity index (χ1v) is 6.81. The standard InChI is InChI=1S/C9H20N2O2S/c1-3-6-14(12,13)11-5-4-9(7-11)8(2)10/h8-9H,3-7,10H2,1-2H3. The van der Waals surface area contributed by atoms with Crippen molar-refractivity contribution in [1.29, 1.82) is 0 Å². The van der Waals surface area contributed by atoms with Crippen LogP contribution in [0.25, 0.3) is 0 Å². The SMILES string of the molecule is CCCS(=O)(=O)N1CCC(C(C)N)C1. The van der Waals surface area contributed by atoms with E-state index in [1.165, 1.54) is 0 Å². The smallest absolute Gasteiger partial charge is 0.214 e. The molecule has 1 heterocycles. The highest BCUT2D eigenvalue weighted by atomic mass is 32.2. The number of nitrogens with zero attached hydrogens (tertiary/aromatic N) is 1. The average Bonchev–Trinajstić information content (AvgIpc) is 2.51. The minimum absolute atomic E-state index is 0.0943. The first kappa shape index (κ1) is 11.9. The number of hydrogen-bond acceptors (Lipinski definition) is 3. The Balaban J connectivity index is 2.58. The third-order valence-corrected chi connectivity index (χ3v) is 4.83. The van der Waals surface area contributed by atoms with Crippen LogP contribution < -0.4 is 5.73 Å². The third-order valence-electron chi connectivity index (χ3n) is 2.79. The summed E-state index contributed by atoms with van der Waals surface area (Å²) in [6, 6.07) is 0.0943. The van der Waals surface area contributed by atoms with E-state index < -0.39 is 10.0 Å². The Labute approximate surface area is 86.5 Å². The van der Waals surface area contributed by atoms with Gasteiger partial charge < -0.3 is 5.73 Å². The van der Waals surface area contributed by atoms with Gasteiger partial charge >= 0.3 is 0 Å². The van der Waals surface area contributed by atoms with Crippen LogP contribution in [0.3, 0.4) is 0 Å². The van der Waals surface area contributed by atoms with Crippen molar-refractivity contribution < 1.29 is 8.42 Å². The van der Waals surface area contributed by atoms with E-state index in [-0.39, 0.29) is 11.8 Å².